The summed E-state index contributed by atoms with van der Waals surface area (Å²) in [6.45, 7) is 2.04. The van der Waals surface area contributed by atoms with Gasteiger partial charge in [-0.2, -0.15) is 18.3 Å². The molecule has 1 aromatic heterocycles. The summed E-state index contributed by atoms with van der Waals surface area (Å²) < 4.78 is 43.1. The molecule has 0 spiro atoms. The number of aromatic nitrogens is 2. The molecule has 0 saturated heterocycles. The van der Waals surface area contributed by atoms with Crippen LogP contribution in [0.1, 0.15) is 77.9 Å². The number of halogens is 5. The third-order valence-corrected chi connectivity index (χ3v) is 8.64. The molecule has 206 valence electrons. The largest absolute Gasteiger partial charge is 0.481 e. The zero-order valence-corrected chi connectivity index (χ0v) is 22.5. The second kappa shape index (κ2) is 10.2. The van der Waals surface area contributed by atoms with Crippen LogP contribution in [0.4, 0.5) is 13.2 Å². The summed E-state index contributed by atoms with van der Waals surface area (Å²) in [5.41, 5.74) is -2.41. The molecule has 12 heteroatoms. The van der Waals surface area contributed by atoms with Crippen LogP contribution in [-0.2, 0) is 4.79 Å². The first kappa shape index (κ1) is 28.4. The summed E-state index contributed by atoms with van der Waals surface area (Å²) in [4.78, 5) is 39.3. The number of ketones is 1. The Morgan fingerprint density at radius 3 is 2.21 bits per heavy atom. The maximum Gasteiger partial charge on any atom is 0.396 e. The molecule has 1 heterocycles. The number of nitrogens with zero attached hydrogens (tertiary/aromatic N) is 3. The fourth-order valence-electron chi connectivity index (χ4n) is 5.13. The normalized spacial score (nSPS) is 22.7. The summed E-state index contributed by atoms with van der Waals surface area (Å²) in [5.74, 6) is -2.27. The Labute approximate surface area is 227 Å². The van der Waals surface area contributed by atoms with Crippen molar-refractivity contribution in [2.75, 3.05) is 13.1 Å². The fraction of sp³-hybridized carbons (Fsp3) is 0.538. The molecular weight excluding hydrogens is 546 g/mol. The Morgan fingerprint density at radius 1 is 1.13 bits per heavy atom. The summed E-state index contributed by atoms with van der Waals surface area (Å²) in [5, 5.41) is 13.9. The zero-order chi connectivity index (χ0) is 28.0. The predicted octanol–water partition coefficient (Wildman–Crippen LogP) is 6.37. The molecule has 7 nitrogen and oxygen atoms in total. The lowest BCUT2D eigenvalue weighted by Gasteiger charge is -2.34. The molecule has 0 atom stereocenters. The van der Waals surface area contributed by atoms with Gasteiger partial charge in [-0.25, -0.2) is 0 Å². The smallest absolute Gasteiger partial charge is 0.396 e. The van der Waals surface area contributed by atoms with Crippen LogP contribution in [0, 0.1) is 17.8 Å². The van der Waals surface area contributed by atoms with Gasteiger partial charge in [0, 0.05) is 12.2 Å². The molecule has 1 amide bonds. The number of rotatable bonds is 8. The summed E-state index contributed by atoms with van der Waals surface area (Å²) in [6.07, 6.45) is -1.57. The lowest BCUT2D eigenvalue weighted by molar-refractivity contribution is -0.189. The van der Waals surface area contributed by atoms with Crippen molar-refractivity contribution in [3.8, 4) is 0 Å². The number of carboxylic acids is 1. The van der Waals surface area contributed by atoms with Crippen molar-refractivity contribution in [1.29, 1.82) is 0 Å². The fourth-order valence-corrected chi connectivity index (χ4v) is 5.74. The third-order valence-electron chi connectivity index (χ3n) is 8.01. The number of aliphatic carboxylic acids is 1. The SMILES string of the molecule is Cc1c(C(=O)N(CC(=O)c2c(Cl)cccc2Cl)CC2(C(F)(F)F)CC2)cnn1[C@H]1CC[C@](C)(C(=O)O)CC1. The number of hydrogen-bond acceptors (Lipinski definition) is 4. The lowest BCUT2D eigenvalue weighted by Crippen LogP contribution is -2.44. The second-order valence-corrected chi connectivity index (χ2v) is 11.5. The molecule has 0 bridgehead atoms. The highest BCUT2D eigenvalue weighted by Crippen LogP contribution is 2.58. The van der Waals surface area contributed by atoms with Crippen LogP contribution >= 0.6 is 23.2 Å². The third kappa shape index (κ3) is 5.30. The molecule has 2 aliphatic carbocycles. The van der Waals surface area contributed by atoms with Crippen molar-refractivity contribution in [2.45, 2.75) is 64.6 Å². The highest BCUT2D eigenvalue weighted by Gasteiger charge is 2.64. The van der Waals surface area contributed by atoms with E-state index in [-0.39, 0.29) is 40.1 Å². The molecule has 2 saturated carbocycles. The topological polar surface area (TPSA) is 92.5 Å². The van der Waals surface area contributed by atoms with E-state index in [1.165, 1.54) is 24.4 Å². The number of carbonyl (C=O) groups excluding carboxylic acids is 2. The number of hydrogen-bond donors (Lipinski definition) is 1. The first-order valence-electron chi connectivity index (χ1n) is 12.3. The van der Waals surface area contributed by atoms with E-state index in [0.29, 0.717) is 31.4 Å². The average molecular weight is 574 g/mol. The Hall–Kier alpha value is -2.59. The second-order valence-electron chi connectivity index (χ2n) is 10.6. The van der Waals surface area contributed by atoms with E-state index in [0.717, 1.165) is 4.90 Å². The molecule has 1 N–H and O–H groups in total. The Balaban J connectivity index is 1.60. The van der Waals surface area contributed by atoms with Crippen molar-refractivity contribution in [3.63, 3.8) is 0 Å². The van der Waals surface area contributed by atoms with Gasteiger partial charge in [0.05, 0.1) is 50.8 Å². The molecular formula is C26H28Cl2F3N3O4. The van der Waals surface area contributed by atoms with Crippen LogP contribution < -0.4 is 0 Å². The van der Waals surface area contributed by atoms with Crippen molar-refractivity contribution in [3.05, 3.63) is 51.3 Å². The molecule has 2 fully saturated rings. The van der Waals surface area contributed by atoms with Gasteiger partial charge in [-0.05, 0) is 64.5 Å². The van der Waals surface area contributed by atoms with E-state index >= 15 is 0 Å². The monoisotopic (exact) mass is 573 g/mol. The summed E-state index contributed by atoms with van der Waals surface area (Å²) in [6, 6.07) is 4.28. The minimum atomic E-state index is -4.53. The number of benzene rings is 1. The van der Waals surface area contributed by atoms with Gasteiger partial charge in [-0.1, -0.05) is 29.3 Å². The molecule has 4 rings (SSSR count). The lowest BCUT2D eigenvalue weighted by atomic mass is 9.74. The van der Waals surface area contributed by atoms with Crippen LogP contribution in [0.15, 0.2) is 24.4 Å². The Kier molecular flexibility index (Phi) is 7.62. The minimum absolute atomic E-state index is 0.0431. The highest BCUT2D eigenvalue weighted by molar-refractivity contribution is 6.40. The zero-order valence-electron chi connectivity index (χ0n) is 20.9. The van der Waals surface area contributed by atoms with E-state index in [4.69, 9.17) is 23.2 Å². The molecule has 0 aliphatic heterocycles. The first-order valence-corrected chi connectivity index (χ1v) is 13.1. The van der Waals surface area contributed by atoms with Crippen LogP contribution in [0.3, 0.4) is 0 Å². The van der Waals surface area contributed by atoms with Crippen molar-refractivity contribution < 1.29 is 32.7 Å². The minimum Gasteiger partial charge on any atom is -0.481 e. The average Bonchev–Trinajstić information content (AvgIpc) is 3.53. The number of carbonyl (C=O) groups is 3. The van der Waals surface area contributed by atoms with E-state index < -0.39 is 47.8 Å². The van der Waals surface area contributed by atoms with Gasteiger partial charge in [0.15, 0.2) is 5.78 Å². The predicted molar refractivity (Wildman–Crippen MR) is 135 cm³/mol. The maximum atomic E-state index is 13.8. The van der Waals surface area contributed by atoms with Crippen molar-refractivity contribution in [2.24, 2.45) is 10.8 Å². The van der Waals surface area contributed by atoms with E-state index in [2.05, 4.69) is 5.10 Å². The van der Waals surface area contributed by atoms with Crippen LogP contribution in [0.25, 0.3) is 0 Å². The molecule has 2 aliphatic rings. The van der Waals surface area contributed by atoms with Crippen molar-refractivity contribution >= 4 is 40.9 Å². The number of alkyl halides is 3. The van der Waals surface area contributed by atoms with Crippen molar-refractivity contribution in [1.82, 2.24) is 14.7 Å². The molecule has 0 unspecified atom stereocenters. The molecule has 0 radical (unpaired) electrons. The number of amides is 1. The Bertz CT molecular complexity index is 1240. The summed E-state index contributed by atoms with van der Waals surface area (Å²) >= 11 is 12.3. The van der Waals surface area contributed by atoms with Gasteiger partial charge in [0.25, 0.3) is 5.91 Å². The van der Waals surface area contributed by atoms with Gasteiger partial charge >= 0.3 is 12.1 Å². The molecule has 1 aromatic carbocycles. The van der Waals surface area contributed by atoms with E-state index in [1.807, 2.05) is 0 Å². The summed E-state index contributed by atoms with van der Waals surface area (Å²) in [7, 11) is 0. The van der Waals surface area contributed by atoms with Crippen LogP contribution in [0.5, 0.6) is 0 Å². The van der Waals surface area contributed by atoms with Gasteiger partial charge in [-0.15, -0.1) is 0 Å². The van der Waals surface area contributed by atoms with Gasteiger partial charge in [0.1, 0.15) is 0 Å². The maximum absolute atomic E-state index is 13.8. The van der Waals surface area contributed by atoms with Crippen LogP contribution in [-0.4, -0.2) is 56.7 Å². The molecule has 38 heavy (non-hydrogen) atoms. The van der Waals surface area contributed by atoms with Gasteiger partial charge in [-0.3, -0.25) is 19.1 Å². The number of Topliss-reactive ketones (excluding diaryl/α,β-unsaturated/α-hetero) is 1. The molecule has 2 aromatic rings. The number of carboxylic acid groups (broad SMARTS) is 1. The van der Waals surface area contributed by atoms with Gasteiger partial charge in [0.2, 0.25) is 0 Å². The van der Waals surface area contributed by atoms with E-state index in [1.54, 1.807) is 18.5 Å². The quantitative estimate of drug-likeness (QED) is 0.370. The standard InChI is InChI=1S/C26H28Cl2F3N3O4/c1-15-17(12-32-34(15)16-6-8-24(2,9-7-16)23(37)38)22(36)33(14-25(10-11-25)26(29,30)31)13-20(35)21-18(27)4-3-5-19(21)28/h3-5,12,16H,6-11,13-14H2,1-2H3,(H,37,38)/t16-,24-. The van der Waals surface area contributed by atoms with Gasteiger partial charge < -0.3 is 10.0 Å². The first-order chi connectivity index (χ1) is 17.7. The Morgan fingerprint density at radius 2 is 1.71 bits per heavy atom. The highest BCUT2D eigenvalue weighted by atomic mass is 35.5. The van der Waals surface area contributed by atoms with E-state index in [9.17, 15) is 32.7 Å². The van der Waals surface area contributed by atoms with Crippen LogP contribution in [0.2, 0.25) is 10.0 Å².